The van der Waals surface area contributed by atoms with Crippen molar-refractivity contribution in [1.82, 2.24) is 0 Å². The lowest BCUT2D eigenvalue weighted by molar-refractivity contribution is -0.149. The molecule has 0 spiro atoms. The van der Waals surface area contributed by atoms with E-state index in [0.29, 0.717) is 11.6 Å². The molecular weight excluding hydrogens is 348 g/mol. The van der Waals surface area contributed by atoms with Crippen LogP contribution in [0.4, 0.5) is 5.69 Å². The van der Waals surface area contributed by atoms with Crippen LogP contribution in [0.25, 0.3) is 0 Å². The number of esters is 1. The van der Waals surface area contributed by atoms with Gasteiger partial charge in [0, 0.05) is 5.69 Å². The molecule has 7 heteroatoms. The highest BCUT2D eigenvalue weighted by molar-refractivity contribution is 5.95. The number of carbonyl (C=O) groups excluding carboxylic acids is 3. The molecule has 2 rings (SSSR count). The van der Waals surface area contributed by atoms with Crippen molar-refractivity contribution in [2.75, 3.05) is 18.5 Å². The molecule has 2 aromatic carbocycles. The monoisotopic (exact) mass is 370 g/mol. The van der Waals surface area contributed by atoms with Gasteiger partial charge < -0.3 is 20.5 Å². The highest BCUT2D eigenvalue weighted by Crippen LogP contribution is 2.18. The second-order valence-corrected chi connectivity index (χ2v) is 6.13. The number of nitrogens with two attached hydrogens (primary N) is 1. The molecule has 0 radical (unpaired) electrons. The molecule has 0 heterocycles. The van der Waals surface area contributed by atoms with Gasteiger partial charge in [-0.2, -0.15) is 0 Å². The second-order valence-electron chi connectivity index (χ2n) is 6.13. The maximum absolute atomic E-state index is 11.9. The van der Waals surface area contributed by atoms with Crippen LogP contribution >= 0.6 is 0 Å². The number of nitrogens with one attached hydrogen (secondary N) is 1. The Kier molecular flexibility index (Phi) is 6.93. The Labute approximate surface area is 157 Å². The van der Waals surface area contributed by atoms with E-state index < -0.39 is 31.0 Å². The maximum Gasteiger partial charge on any atom is 0.344 e. The Morgan fingerprint density at radius 1 is 1.00 bits per heavy atom. The Morgan fingerprint density at radius 3 is 2.30 bits per heavy atom. The van der Waals surface area contributed by atoms with Crippen molar-refractivity contribution < 1.29 is 23.9 Å². The highest BCUT2D eigenvalue weighted by atomic mass is 16.6. The quantitative estimate of drug-likeness (QED) is 0.694. The van der Waals surface area contributed by atoms with Crippen molar-refractivity contribution >= 4 is 23.5 Å². The van der Waals surface area contributed by atoms with Crippen LogP contribution in [-0.4, -0.2) is 31.0 Å². The summed E-state index contributed by atoms with van der Waals surface area (Å²) in [6.07, 6.45) is 0. The summed E-state index contributed by atoms with van der Waals surface area (Å²) in [6, 6.07) is 13.7. The van der Waals surface area contributed by atoms with Crippen molar-refractivity contribution in [3.8, 4) is 5.75 Å². The SMILES string of the molecule is CC(C)c1ccc(NC(=O)COC(=O)COc2ccccc2C(N)=O)cc1. The third-order valence-electron chi connectivity index (χ3n) is 3.72. The molecule has 27 heavy (non-hydrogen) atoms. The first kappa shape index (κ1) is 20.0. The number of hydrogen-bond acceptors (Lipinski definition) is 5. The average Bonchev–Trinajstić information content (AvgIpc) is 2.65. The lowest BCUT2D eigenvalue weighted by atomic mass is 10.0. The standard InChI is InChI=1S/C20H22N2O5/c1-13(2)14-7-9-15(10-8-14)22-18(23)11-27-19(24)12-26-17-6-4-3-5-16(17)20(21)25/h3-10,13H,11-12H2,1-2H3,(H2,21,25)(H,22,23). The maximum atomic E-state index is 11.9. The van der Waals surface area contributed by atoms with Crippen LogP contribution in [0.15, 0.2) is 48.5 Å². The van der Waals surface area contributed by atoms with Crippen LogP contribution in [0.2, 0.25) is 0 Å². The van der Waals surface area contributed by atoms with Crippen molar-refractivity contribution in [3.63, 3.8) is 0 Å². The Bertz CT molecular complexity index is 815. The van der Waals surface area contributed by atoms with E-state index in [1.54, 1.807) is 24.3 Å². The van der Waals surface area contributed by atoms with Crippen molar-refractivity contribution in [2.45, 2.75) is 19.8 Å². The molecule has 0 fully saturated rings. The van der Waals surface area contributed by atoms with E-state index in [1.165, 1.54) is 12.1 Å². The summed E-state index contributed by atoms with van der Waals surface area (Å²) in [5.41, 5.74) is 7.17. The molecule has 2 aromatic rings. The van der Waals surface area contributed by atoms with E-state index in [9.17, 15) is 14.4 Å². The van der Waals surface area contributed by atoms with Gasteiger partial charge in [-0.25, -0.2) is 4.79 Å². The zero-order chi connectivity index (χ0) is 19.8. The second kappa shape index (κ2) is 9.38. The van der Waals surface area contributed by atoms with Crippen LogP contribution in [0.1, 0.15) is 35.7 Å². The van der Waals surface area contributed by atoms with E-state index in [-0.39, 0.29) is 11.3 Å². The van der Waals surface area contributed by atoms with E-state index in [1.807, 2.05) is 12.1 Å². The summed E-state index contributed by atoms with van der Waals surface area (Å²) in [7, 11) is 0. The van der Waals surface area contributed by atoms with Crippen molar-refractivity contribution in [3.05, 3.63) is 59.7 Å². The van der Waals surface area contributed by atoms with Gasteiger partial charge in [-0.05, 0) is 35.7 Å². The number of ether oxygens (including phenoxy) is 2. The Hall–Kier alpha value is -3.35. The third-order valence-corrected chi connectivity index (χ3v) is 3.72. The van der Waals surface area contributed by atoms with Crippen molar-refractivity contribution in [1.29, 1.82) is 0 Å². The van der Waals surface area contributed by atoms with E-state index in [4.69, 9.17) is 15.2 Å². The van der Waals surface area contributed by atoms with Gasteiger partial charge in [-0.3, -0.25) is 9.59 Å². The van der Waals surface area contributed by atoms with Gasteiger partial charge in [0.05, 0.1) is 5.56 Å². The van der Waals surface area contributed by atoms with Gasteiger partial charge in [0.1, 0.15) is 5.75 Å². The zero-order valence-electron chi connectivity index (χ0n) is 15.2. The Balaban J connectivity index is 1.78. The minimum Gasteiger partial charge on any atom is -0.481 e. The molecule has 0 saturated heterocycles. The van der Waals surface area contributed by atoms with Gasteiger partial charge in [0.2, 0.25) is 0 Å². The number of anilines is 1. The number of amides is 2. The minimum atomic E-state index is -0.737. The molecule has 0 aliphatic heterocycles. The van der Waals surface area contributed by atoms with Gasteiger partial charge in [0.25, 0.3) is 11.8 Å². The smallest absolute Gasteiger partial charge is 0.344 e. The first-order valence-corrected chi connectivity index (χ1v) is 8.44. The summed E-state index contributed by atoms with van der Waals surface area (Å²) in [5.74, 6) is -1.29. The van der Waals surface area contributed by atoms with Gasteiger partial charge in [0.15, 0.2) is 13.2 Å². The Morgan fingerprint density at radius 2 is 1.67 bits per heavy atom. The molecule has 0 unspecified atom stereocenters. The molecule has 0 aromatic heterocycles. The molecule has 0 saturated carbocycles. The normalized spacial score (nSPS) is 10.3. The average molecular weight is 370 g/mol. The summed E-state index contributed by atoms with van der Waals surface area (Å²) >= 11 is 0. The summed E-state index contributed by atoms with van der Waals surface area (Å²) in [5, 5.41) is 2.64. The van der Waals surface area contributed by atoms with Crippen molar-refractivity contribution in [2.24, 2.45) is 5.73 Å². The lowest BCUT2D eigenvalue weighted by Crippen LogP contribution is -2.24. The van der Waals surface area contributed by atoms with Crippen LogP contribution in [-0.2, 0) is 14.3 Å². The first-order chi connectivity index (χ1) is 12.9. The molecule has 2 amide bonds. The van der Waals surface area contributed by atoms with Crippen LogP contribution in [0, 0.1) is 0 Å². The largest absolute Gasteiger partial charge is 0.481 e. The van der Waals surface area contributed by atoms with Gasteiger partial charge in [-0.15, -0.1) is 0 Å². The topological polar surface area (TPSA) is 108 Å². The molecule has 142 valence electrons. The van der Waals surface area contributed by atoms with E-state index in [2.05, 4.69) is 19.2 Å². The number of primary amides is 1. The third kappa shape index (κ3) is 6.14. The molecule has 3 N–H and O–H groups in total. The fraction of sp³-hybridized carbons (Fsp3) is 0.250. The number of hydrogen-bond donors (Lipinski definition) is 2. The minimum absolute atomic E-state index is 0.160. The number of carbonyl (C=O) groups is 3. The zero-order valence-corrected chi connectivity index (χ0v) is 15.2. The molecule has 0 atom stereocenters. The highest BCUT2D eigenvalue weighted by Gasteiger charge is 2.12. The first-order valence-electron chi connectivity index (χ1n) is 8.44. The van der Waals surface area contributed by atoms with Gasteiger partial charge in [-0.1, -0.05) is 38.1 Å². The summed E-state index contributed by atoms with van der Waals surface area (Å²) in [6.45, 7) is 3.28. The lowest BCUT2D eigenvalue weighted by Gasteiger charge is -2.10. The number of para-hydroxylation sites is 1. The molecular formula is C20H22N2O5. The molecule has 0 bridgehead atoms. The fourth-order valence-electron chi connectivity index (χ4n) is 2.27. The molecule has 7 nitrogen and oxygen atoms in total. The van der Waals surface area contributed by atoms with Gasteiger partial charge >= 0.3 is 5.97 Å². The fourth-order valence-corrected chi connectivity index (χ4v) is 2.27. The number of benzene rings is 2. The summed E-state index contributed by atoms with van der Waals surface area (Å²) in [4.78, 5) is 34.9. The molecule has 0 aliphatic rings. The van der Waals surface area contributed by atoms with Crippen LogP contribution in [0.5, 0.6) is 5.75 Å². The predicted molar refractivity (Wildman–Crippen MR) is 101 cm³/mol. The van der Waals surface area contributed by atoms with Crippen LogP contribution in [0.3, 0.4) is 0 Å². The van der Waals surface area contributed by atoms with E-state index >= 15 is 0 Å². The predicted octanol–water partition coefficient (Wildman–Crippen LogP) is 2.47. The number of rotatable bonds is 8. The van der Waals surface area contributed by atoms with E-state index in [0.717, 1.165) is 5.56 Å². The molecule has 0 aliphatic carbocycles. The van der Waals surface area contributed by atoms with Crippen LogP contribution < -0.4 is 15.8 Å². The summed E-state index contributed by atoms with van der Waals surface area (Å²) < 4.78 is 10.1.